The molecule has 186 valence electrons. The van der Waals surface area contributed by atoms with Gasteiger partial charge in [-0.2, -0.15) is 5.26 Å². The monoisotopic (exact) mass is 532 g/mol. The van der Waals surface area contributed by atoms with Gasteiger partial charge in [0.1, 0.15) is 35.1 Å². The van der Waals surface area contributed by atoms with E-state index in [0.29, 0.717) is 38.5 Å². The van der Waals surface area contributed by atoms with Crippen LogP contribution in [0.2, 0.25) is 0 Å². The van der Waals surface area contributed by atoms with Gasteiger partial charge in [-0.05, 0) is 42.3 Å². The van der Waals surface area contributed by atoms with Gasteiger partial charge in [0.05, 0.1) is 30.1 Å². The van der Waals surface area contributed by atoms with Crippen LogP contribution in [0.4, 0.5) is 26.7 Å². The highest BCUT2D eigenvalue weighted by molar-refractivity contribution is 7.98. The molecular weight excluding hydrogens is 511 g/mol. The number of anilines is 3. The number of nitrogens with zero attached hydrogens (tertiary/aromatic N) is 4. The zero-order valence-corrected chi connectivity index (χ0v) is 21.3. The summed E-state index contributed by atoms with van der Waals surface area (Å²) in [5, 5.41) is 24.7. The Balaban J connectivity index is 1.58. The van der Waals surface area contributed by atoms with E-state index in [2.05, 4.69) is 26.2 Å². The molecule has 11 heteroatoms. The quantitative estimate of drug-likeness (QED) is 0.176. The second kappa shape index (κ2) is 11.7. The van der Waals surface area contributed by atoms with Gasteiger partial charge in [-0.3, -0.25) is 0 Å². The first-order valence-electron chi connectivity index (χ1n) is 11.0. The Kier molecular flexibility index (Phi) is 8.21. The standard InChI is InChI=1S/C26H21FN6O2S2/c1-15-3-8-21(20(27)11-15)32-26-31-17(14-37-26)13-36-25-19(12-28)22(23(30-2)24(29)33-25)16-4-6-18(7-5-16)35-10-9-34/h3-8,11,14,34H,9-10,13H2,1H3,(H2,29,33)(H,31,32). The van der Waals surface area contributed by atoms with E-state index in [0.717, 1.165) is 11.3 Å². The fourth-order valence-corrected chi connectivity index (χ4v) is 5.18. The molecule has 0 aliphatic heterocycles. The first kappa shape index (κ1) is 25.9. The first-order chi connectivity index (χ1) is 17.9. The topological polar surface area (TPSA) is 121 Å². The molecule has 2 aromatic carbocycles. The predicted octanol–water partition coefficient (Wildman–Crippen LogP) is 6.06. The number of benzene rings is 2. The summed E-state index contributed by atoms with van der Waals surface area (Å²) in [4.78, 5) is 12.4. The number of rotatable bonds is 9. The van der Waals surface area contributed by atoms with E-state index in [1.165, 1.54) is 29.2 Å². The van der Waals surface area contributed by atoms with Gasteiger partial charge in [0.2, 0.25) is 5.69 Å². The van der Waals surface area contributed by atoms with Gasteiger partial charge >= 0.3 is 0 Å². The minimum absolute atomic E-state index is 0.0302. The van der Waals surface area contributed by atoms with Crippen LogP contribution in [0.25, 0.3) is 16.0 Å². The number of thioether (sulfide) groups is 1. The van der Waals surface area contributed by atoms with Crippen molar-refractivity contribution < 1.29 is 14.2 Å². The number of ether oxygens (including phenoxy) is 1. The number of hydrogen-bond donors (Lipinski definition) is 3. The van der Waals surface area contributed by atoms with Gasteiger partial charge in [0, 0.05) is 16.7 Å². The Labute approximate surface area is 221 Å². The smallest absolute Gasteiger partial charge is 0.236 e. The molecule has 0 spiro atoms. The van der Waals surface area contributed by atoms with E-state index in [1.54, 1.807) is 30.3 Å². The third-order valence-electron chi connectivity index (χ3n) is 5.17. The van der Waals surface area contributed by atoms with Crippen LogP contribution in [-0.4, -0.2) is 28.3 Å². The van der Waals surface area contributed by atoms with Crippen molar-refractivity contribution in [1.82, 2.24) is 9.97 Å². The van der Waals surface area contributed by atoms with Gasteiger partial charge in [-0.25, -0.2) is 19.2 Å². The molecule has 8 nitrogen and oxygen atoms in total. The number of aliphatic hydroxyl groups is 1. The van der Waals surface area contributed by atoms with Gasteiger partial charge < -0.3 is 20.9 Å². The van der Waals surface area contributed by atoms with Crippen LogP contribution < -0.4 is 15.8 Å². The maximum Gasteiger partial charge on any atom is 0.236 e. The molecule has 0 fully saturated rings. The fourth-order valence-electron chi connectivity index (χ4n) is 3.47. The number of nitriles is 1. The van der Waals surface area contributed by atoms with Crippen LogP contribution in [-0.2, 0) is 5.75 Å². The molecule has 37 heavy (non-hydrogen) atoms. The molecule has 0 aliphatic carbocycles. The molecule has 0 saturated carbocycles. The Hall–Kier alpha value is -4.16. The van der Waals surface area contributed by atoms with Crippen LogP contribution in [0, 0.1) is 30.6 Å². The van der Waals surface area contributed by atoms with Crippen LogP contribution >= 0.6 is 23.1 Å². The zero-order chi connectivity index (χ0) is 26.4. The van der Waals surface area contributed by atoms with E-state index < -0.39 is 0 Å². The number of pyridine rings is 1. The Morgan fingerprint density at radius 1 is 1.27 bits per heavy atom. The van der Waals surface area contributed by atoms with Crippen LogP contribution in [0.3, 0.4) is 0 Å². The van der Waals surface area contributed by atoms with Crippen molar-refractivity contribution in [2.24, 2.45) is 0 Å². The number of hydrogen-bond acceptors (Lipinski definition) is 9. The molecule has 0 amide bonds. The second-order valence-electron chi connectivity index (χ2n) is 7.76. The molecule has 0 radical (unpaired) electrons. The van der Waals surface area contributed by atoms with Gasteiger partial charge in [0.25, 0.3) is 0 Å². The zero-order valence-electron chi connectivity index (χ0n) is 19.7. The predicted molar refractivity (Wildman–Crippen MR) is 144 cm³/mol. The van der Waals surface area contributed by atoms with Crippen molar-refractivity contribution >= 4 is 45.4 Å². The number of aromatic nitrogens is 2. The Bertz CT molecular complexity index is 1510. The van der Waals surface area contributed by atoms with Crippen molar-refractivity contribution in [3.05, 3.63) is 81.9 Å². The number of aliphatic hydroxyl groups excluding tert-OH is 1. The van der Waals surface area contributed by atoms with Gasteiger partial charge in [-0.15, -0.1) is 11.3 Å². The maximum absolute atomic E-state index is 14.2. The molecule has 0 bridgehead atoms. The number of thiazole rings is 1. The molecular formula is C26H21FN6O2S2. The van der Waals surface area contributed by atoms with E-state index in [9.17, 15) is 9.65 Å². The normalized spacial score (nSPS) is 10.5. The summed E-state index contributed by atoms with van der Waals surface area (Å²) in [6.45, 7) is 9.47. The number of nitrogens with one attached hydrogen (secondary N) is 1. The average molecular weight is 533 g/mol. The maximum atomic E-state index is 14.2. The van der Waals surface area contributed by atoms with Crippen molar-refractivity contribution in [3.63, 3.8) is 0 Å². The summed E-state index contributed by atoms with van der Waals surface area (Å²) >= 11 is 2.62. The van der Waals surface area contributed by atoms with E-state index >= 15 is 0 Å². The van der Waals surface area contributed by atoms with Crippen LogP contribution in [0.15, 0.2) is 52.9 Å². The highest BCUT2D eigenvalue weighted by Gasteiger charge is 2.21. The highest BCUT2D eigenvalue weighted by Crippen LogP contribution is 2.42. The van der Waals surface area contributed by atoms with Gasteiger partial charge in [-0.1, -0.05) is 30.0 Å². The first-order valence-corrected chi connectivity index (χ1v) is 12.9. The molecule has 4 rings (SSSR count). The lowest BCUT2D eigenvalue weighted by Gasteiger charge is -2.13. The number of nitrogen functional groups attached to an aromatic ring is 1. The summed E-state index contributed by atoms with van der Waals surface area (Å²) < 4.78 is 19.6. The molecule has 4 N–H and O–H groups in total. The van der Waals surface area contributed by atoms with Crippen molar-refractivity contribution in [2.45, 2.75) is 17.7 Å². The summed E-state index contributed by atoms with van der Waals surface area (Å²) in [6, 6.07) is 14.0. The number of aryl methyl sites for hydroxylation is 1. The van der Waals surface area contributed by atoms with E-state index in [1.807, 2.05) is 18.4 Å². The summed E-state index contributed by atoms with van der Waals surface area (Å²) in [7, 11) is 0. The molecule has 4 aromatic rings. The minimum atomic E-state index is -0.357. The lowest BCUT2D eigenvalue weighted by molar-refractivity contribution is 0.201. The summed E-state index contributed by atoms with van der Waals surface area (Å²) in [6.07, 6.45) is 0. The third kappa shape index (κ3) is 5.98. The van der Waals surface area contributed by atoms with Gasteiger partial charge in [0.15, 0.2) is 5.13 Å². The molecule has 0 aliphatic rings. The average Bonchev–Trinajstić information content (AvgIpc) is 3.35. The Morgan fingerprint density at radius 2 is 2.05 bits per heavy atom. The molecule has 2 heterocycles. The molecule has 0 atom stereocenters. The van der Waals surface area contributed by atoms with Crippen LogP contribution in [0.5, 0.6) is 5.75 Å². The third-order valence-corrected chi connectivity index (χ3v) is 6.98. The number of halogens is 1. The molecule has 0 unspecified atom stereocenters. The highest BCUT2D eigenvalue weighted by atomic mass is 32.2. The van der Waals surface area contributed by atoms with Crippen molar-refractivity contribution in [3.8, 4) is 22.9 Å². The van der Waals surface area contributed by atoms with E-state index in [-0.39, 0.29) is 36.1 Å². The van der Waals surface area contributed by atoms with Crippen molar-refractivity contribution in [2.75, 3.05) is 24.3 Å². The lowest BCUT2D eigenvalue weighted by atomic mass is 10.00. The van der Waals surface area contributed by atoms with Crippen LogP contribution in [0.1, 0.15) is 16.8 Å². The summed E-state index contributed by atoms with van der Waals surface area (Å²) in [5.41, 5.74) is 9.36. The lowest BCUT2D eigenvalue weighted by Crippen LogP contribution is -2.02. The minimum Gasteiger partial charge on any atom is -0.491 e. The second-order valence-corrected chi connectivity index (χ2v) is 9.58. The Morgan fingerprint density at radius 3 is 2.73 bits per heavy atom. The van der Waals surface area contributed by atoms with Crippen molar-refractivity contribution in [1.29, 1.82) is 5.26 Å². The largest absolute Gasteiger partial charge is 0.491 e. The number of nitrogens with two attached hydrogens (primary N) is 1. The molecule has 0 saturated heterocycles. The fraction of sp³-hybridized carbons (Fsp3) is 0.154. The molecule has 2 aromatic heterocycles. The van der Waals surface area contributed by atoms with E-state index in [4.69, 9.17) is 22.1 Å². The summed E-state index contributed by atoms with van der Waals surface area (Å²) in [5.74, 6) is 0.615. The SMILES string of the molecule is [C-]#[N+]c1c(N)nc(SCc2csc(Nc3ccc(C)cc3F)n2)c(C#N)c1-c1ccc(OCCO)cc1.